The Balaban J connectivity index is 2.32. The molecule has 0 radical (unpaired) electrons. The fourth-order valence-electron chi connectivity index (χ4n) is 1.80. The van der Waals surface area contributed by atoms with Crippen LogP contribution in [0.2, 0.25) is 0 Å². The second-order valence-corrected chi connectivity index (χ2v) is 4.84. The smallest absolute Gasteiger partial charge is 0.258 e. The number of carbonyl (C=O) groups excluding carboxylic acids is 1. The first-order valence-corrected chi connectivity index (χ1v) is 6.40. The number of rotatable bonds is 3. The van der Waals surface area contributed by atoms with Gasteiger partial charge in [-0.05, 0) is 42.8 Å². The van der Waals surface area contributed by atoms with Crippen molar-refractivity contribution >= 4 is 24.2 Å². The number of halogens is 1. The number of nitrogens with one attached hydrogen (secondary N) is 1. The number of ether oxygens (including phenoxy) is 1. The number of hydrogen-bond acceptors (Lipinski definition) is 3. The Bertz CT molecular complexity index is 658. The van der Waals surface area contributed by atoms with Crippen molar-refractivity contribution in [1.82, 2.24) is 0 Å². The van der Waals surface area contributed by atoms with Crippen LogP contribution in [0.1, 0.15) is 15.9 Å². The summed E-state index contributed by atoms with van der Waals surface area (Å²) in [7, 11) is 1.51. The molecule has 1 N–H and O–H groups in total. The zero-order valence-electron chi connectivity index (χ0n) is 11.1. The van der Waals surface area contributed by atoms with Crippen molar-refractivity contribution < 1.29 is 13.9 Å². The Morgan fingerprint density at radius 2 is 2.00 bits per heavy atom. The van der Waals surface area contributed by atoms with Crippen LogP contribution in [-0.2, 0) is 0 Å². The number of carbonyl (C=O) groups is 1. The Kier molecular flexibility index (Phi) is 4.29. The Labute approximate surface area is 122 Å². The van der Waals surface area contributed by atoms with Crippen LogP contribution in [0.25, 0.3) is 0 Å². The van der Waals surface area contributed by atoms with Gasteiger partial charge in [0.25, 0.3) is 5.91 Å². The largest absolute Gasteiger partial charge is 0.495 e. The molecule has 1 amide bonds. The van der Waals surface area contributed by atoms with Crippen molar-refractivity contribution in [2.24, 2.45) is 0 Å². The number of anilines is 1. The molecule has 5 heteroatoms. The minimum Gasteiger partial charge on any atom is -0.495 e. The molecule has 0 aliphatic heterocycles. The molecule has 0 atom stereocenters. The summed E-state index contributed by atoms with van der Waals surface area (Å²) in [6, 6.07) is 9.46. The van der Waals surface area contributed by atoms with Gasteiger partial charge in [0.05, 0.1) is 18.4 Å². The quantitative estimate of drug-likeness (QED) is 0.847. The molecule has 0 saturated heterocycles. The van der Waals surface area contributed by atoms with Gasteiger partial charge in [0.1, 0.15) is 11.6 Å². The summed E-state index contributed by atoms with van der Waals surface area (Å²) in [5.74, 6) is -0.611. The highest BCUT2D eigenvalue weighted by atomic mass is 32.1. The second-order valence-electron chi connectivity index (χ2n) is 4.32. The molecule has 20 heavy (non-hydrogen) atoms. The Morgan fingerprint density at radius 3 is 2.70 bits per heavy atom. The van der Waals surface area contributed by atoms with Gasteiger partial charge in [0, 0.05) is 4.90 Å². The topological polar surface area (TPSA) is 38.3 Å². The van der Waals surface area contributed by atoms with Gasteiger partial charge in [-0.25, -0.2) is 4.39 Å². The molecule has 104 valence electrons. The maximum atomic E-state index is 13.7. The van der Waals surface area contributed by atoms with E-state index in [1.807, 2.05) is 13.0 Å². The number of methoxy groups -OCH3 is 1. The van der Waals surface area contributed by atoms with Gasteiger partial charge in [0.15, 0.2) is 0 Å². The summed E-state index contributed by atoms with van der Waals surface area (Å²) >= 11 is 4.11. The van der Waals surface area contributed by atoms with Crippen molar-refractivity contribution in [2.75, 3.05) is 12.4 Å². The van der Waals surface area contributed by atoms with E-state index in [0.29, 0.717) is 16.3 Å². The lowest BCUT2D eigenvalue weighted by molar-refractivity contribution is 0.102. The summed E-state index contributed by atoms with van der Waals surface area (Å²) < 4.78 is 18.8. The normalized spacial score (nSPS) is 10.2. The molecule has 0 saturated carbocycles. The van der Waals surface area contributed by atoms with Crippen molar-refractivity contribution in [3.63, 3.8) is 0 Å². The molecule has 0 heterocycles. The number of aryl methyl sites for hydroxylation is 1. The van der Waals surface area contributed by atoms with E-state index in [1.54, 1.807) is 12.1 Å². The lowest BCUT2D eigenvalue weighted by Gasteiger charge is -2.11. The van der Waals surface area contributed by atoms with Crippen LogP contribution in [0.4, 0.5) is 10.1 Å². The zero-order chi connectivity index (χ0) is 14.7. The highest BCUT2D eigenvalue weighted by Gasteiger charge is 2.14. The molecule has 0 bridgehead atoms. The highest BCUT2D eigenvalue weighted by molar-refractivity contribution is 7.80. The van der Waals surface area contributed by atoms with Gasteiger partial charge in [-0.1, -0.05) is 6.07 Å². The SMILES string of the molecule is COc1ccc(C)cc1NC(=O)c1cc(S)ccc1F. The molecule has 0 aromatic heterocycles. The first-order valence-electron chi connectivity index (χ1n) is 5.96. The summed E-state index contributed by atoms with van der Waals surface area (Å²) in [5.41, 5.74) is 1.41. The van der Waals surface area contributed by atoms with E-state index in [0.717, 1.165) is 5.56 Å². The number of thiol groups is 1. The summed E-state index contributed by atoms with van der Waals surface area (Å²) in [6.45, 7) is 1.89. The van der Waals surface area contributed by atoms with E-state index in [4.69, 9.17) is 4.74 Å². The van der Waals surface area contributed by atoms with Crippen LogP contribution in [0, 0.1) is 12.7 Å². The molecular formula is C15H14FNO2S. The van der Waals surface area contributed by atoms with Gasteiger partial charge in [-0.3, -0.25) is 4.79 Å². The van der Waals surface area contributed by atoms with Crippen molar-refractivity contribution in [3.05, 3.63) is 53.3 Å². The lowest BCUT2D eigenvalue weighted by Crippen LogP contribution is -2.14. The molecule has 2 aromatic carbocycles. The summed E-state index contributed by atoms with van der Waals surface area (Å²) in [5, 5.41) is 2.65. The number of amides is 1. The minimum absolute atomic E-state index is 0.0546. The molecule has 0 spiro atoms. The fourth-order valence-corrected chi connectivity index (χ4v) is 2.00. The maximum absolute atomic E-state index is 13.7. The molecule has 0 unspecified atom stereocenters. The van der Waals surface area contributed by atoms with Crippen LogP contribution >= 0.6 is 12.6 Å². The predicted molar refractivity (Wildman–Crippen MR) is 79.3 cm³/mol. The third kappa shape index (κ3) is 3.11. The molecule has 0 aliphatic rings. The Morgan fingerprint density at radius 1 is 1.25 bits per heavy atom. The van der Waals surface area contributed by atoms with Crippen molar-refractivity contribution in [1.29, 1.82) is 0 Å². The maximum Gasteiger partial charge on any atom is 0.258 e. The van der Waals surface area contributed by atoms with E-state index in [-0.39, 0.29) is 5.56 Å². The first-order chi connectivity index (χ1) is 9.51. The van der Waals surface area contributed by atoms with Crippen molar-refractivity contribution in [2.45, 2.75) is 11.8 Å². The fraction of sp³-hybridized carbons (Fsp3) is 0.133. The van der Waals surface area contributed by atoms with Crippen LogP contribution in [0.3, 0.4) is 0 Å². The van der Waals surface area contributed by atoms with Gasteiger partial charge in [-0.2, -0.15) is 0 Å². The van der Waals surface area contributed by atoms with Crippen LogP contribution < -0.4 is 10.1 Å². The van der Waals surface area contributed by atoms with E-state index < -0.39 is 11.7 Å². The molecule has 0 fully saturated rings. The first kappa shape index (κ1) is 14.4. The van der Waals surface area contributed by atoms with E-state index in [1.165, 1.54) is 25.3 Å². The molecule has 3 nitrogen and oxygen atoms in total. The monoisotopic (exact) mass is 291 g/mol. The minimum atomic E-state index is -0.591. The zero-order valence-corrected chi connectivity index (χ0v) is 12.0. The van der Waals surface area contributed by atoms with Gasteiger partial charge >= 0.3 is 0 Å². The van der Waals surface area contributed by atoms with Gasteiger partial charge in [-0.15, -0.1) is 12.6 Å². The van der Waals surface area contributed by atoms with E-state index >= 15 is 0 Å². The predicted octanol–water partition coefficient (Wildman–Crippen LogP) is 3.68. The highest BCUT2D eigenvalue weighted by Crippen LogP contribution is 2.26. The number of hydrogen-bond donors (Lipinski definition) is 2. The third-order valence-corrected chi connectivity index (χ3v) is 3.08. The molecule has 2 rings (SSSR count). The average Bonchev–Trinajstić information content (AvgIpc) is 2.41. The average molecular weight is 291 g/mol. The molecule has 2 aromatic rings. The van der Waals surface area contributed by atoms with Crippen LogP contribution in [0.15, 0.2) is 41.3 Å². The third-order valence-electron chi connectivity index (χ3n) is 2.80. The molecule has 0 aliphatic carbocycles. The molecular weight excluding hydrogens is 277 g/mol. The summed E-state index contributed by atoms with van der Waals surface area (Å²) in [4.78, 5) is 12.6. The number of benzene rings is 2. The standard InChI is InChI=1S/C15H14FNO2S/c1-9-3-6-14(19-2)13(7-9)17-15(18)11-8-10(20)4-5-12(11)16/h3-8,20H,1-2H3,(H,17,18). The van der Waals surface area contributed by atoms with Crippen LogP contribution in [0.5, 0.6) is 5.75 Å². The summed E-state index contributed by atoms with van der Waals surface area (Å²) in [6.07, 6.45) is 0. The van der Waals surface area contributed by atoms with Crippen LogP contribution in [-0.4, -0.2) is 13.0 Å². The van der Waals surface area contributed by atoms with E-state index in [9.17, 15) is 9.18 Å². The van der Waals surface area contributed by atoms with Gasteiger partial charge < -0.3 is 10.1 Å². The van der Waals surface area contributed by atoms with Gasteiger partial charge in [0.2, 0.25) is 0 Å². The Hall–Kier alpha value is -2.01. The second kappa shape index (κ2) is 5.96. The van der Waals surface area contributed by atoms with E-state index in [2.05, 4.69) is 17.9 Å². The lowest BCUT2D eigenvalue weighted by atomic mass is 10.1. The van der Waals surface area contributed by atoms with Crippen molar-refractivity contribution in [3.8, 4) is 5.75 Å².